The summed E-state index contributed by atoms with van der Waals surface area (Å²) < 4.78 is 128. The average molecular weight is 2150 g/mol. The summed E-state index contributed by atoms with van der Waals surface area (Å²) >= 11 is -2.77. The Balaban J connectivity index is 0.752. The number of pyridine rings is 2. The summed E-state index contributed by atoms with van der Waals surface area (Å²) in [5, 5.41) is 68.0. The molecule has 148 heavy (non-hydrogen) atoms. The van der Waals surface area contributed by atoms with Crippen molar-refractivity contribution in [3.63, 3.8) is 0 Å². The minimum absolute atomic E-state index is 0.0333. The molecule has 0 radical (unpaired) electrons. The molecule has 1 saturated heterocycles. The molecule has 6 atom stereocenters. The lowest BCUT2D eigenvalue weighted by Gasteiger charge is -2.33. The molecule has 9 amide bonds. The fourth-order valence-electron chi connectivity index (χ4n) is 16.0. The minimum atomic E-state index is -4.66. The van der Waals surface area contributed by atoms with Crippen LogP contribution in [0.5, 0.6) is 11.5 Å². The molecular formula is C91H125N23O30S4. The van der Waals surface area contributed by atoms with Crippen LogP contribution < -0.4 is 88.3 Å². The standard InChI is InChI=1S/C91H125N23O30S4/c1-8-111-27-29-112(31-32-114(51-78(121)122)34-33-113(30-28-111)50-77(119)120)49-76(118)104-66(87(129)106-70(53-146(136,137)138)86(128)95-22-20-93-74(116)12-10-36-144-61-39-56(4)82(57(5)40-61)148(141,142)108-68(89(132)133)46-101-84(126)65-48-110(7)72-42-59(14-16-63(72)80(65)124)44-103-91-98-25-26-99-91)17-18-75(117)105-69(52-145(134)135)85(127)94-21-19-92-73(115)11-9-35-143-60-37-54(2)81(55(3)38-60)147(139,140)107-67(88(130)131)45-100-83(125)64-47-109(6)71-41-58(13-15-62(71)79(64)123)43-102-90-96-23-24-97-90/h13-16,23-26,37-42,47-48,66-70,107-108,136-138H,8-12,17-22,27-36,43-46,49-53H2,1-7H3,(H,92,115)(H,93,116)(H,94,127)(H,95,128)(H,100,125)(H,101,126)(H,104,118)(H,105,117)(H,106,129)(H,119,120)(H,121,122)(H,130,131)(H,132,133)(H,134,135)(H2,96,97,102)(H2,98,99,103)/t66-,67-,68+,69?,70?/m0/s1. The number of likely N-dealkylation sites (N-methyl/N-ethyl adjacent to an activating group) is 1. The highest BCUT2D eigenvalue weighted by Gasteiger charge is 2.36. The number of hydrogen-bond donors (Lipinski definition) is 23. The van der Waals surface area contributed by atoms with Gasteiger partial charge in [0.1, 0.15) is 52.8 Å². The zero-order chi connectivity index (χ0) is 108. The number of amides is 9. The van der Waals surface area contributed by atoms with Crippen LogP contribution in [0.25, 0.3) is 21.8 Å². The first-order valence-corrected chi connectivity index (χ1v) is 52.6. The van der Waals surface area contributed by atoms with E-state index in [2.05, 4.69) is 87.9 Å². The summed E-state index contributed by atoms with van der Waals surface area (Å²) in [6.07, 6.45) is 7.37. The Kier molecular flexibility index (Phi) is 44.3. The van der Waals surface area contributed by atoms with E-state index >= 15 is 0 Å². The molecule has 1 aliphatic rings. The van der Waals surface area contributed by atoms with Crippen LogP contribution >= 0.6 is 10.9 Å². The second kappa shape index (κ2) is 55.7. The number of aliphatic carboxylic acids is 4. The number of nitrogens with zero attached hydrogens (tertiary/aromatic N) is 8. The van der Waals surface area contributed by atoms with Gasteiger partial charge in [0.25, 0.3) is 11.8 Å². The van der Waals surface area contributed by atoms with E-state index in [1.807, 2.05) is 11.8 Å². The smallest absolute Gasteiger partial charge is 0.323 e. The van der Waals surface area contributed by atoms with E-state index in [0.717, 1.165) is 11.1 Å². The Bertz CT molecular complexity index is 6440. The number of benzene rings is 4. The number of carboxylic acids is 4. The Morgan fingerprint density at radius 2 is 0.865 bits per heavy atom. The number of H-pyrrole nitrogens is 2. The van der Waals surface area contributed by atoms with Gasteiger partial charge in [-0.05, 0) is 135 Å². The molecule has 1 fully saturated rings. The van der Waals surface area contributed by atoms with E-state index in [4.69, 9.17) is 9.47 Å². The summed E-state index contributed by atoms with van der Waals surface area (Å²) in [6, 6.07) is 5.95. The summed E-state index contributed by atoms with van der Waals surface area (Å²) in [5.41, 5.74) is 1.09. The second-order valence-corrected chi connectivity index (χ2v) is 40.7. The fraction of sp³-hybridized carbons (Fsp3) is 0.462. The number of nitrogens with one attached hydrogen (secondary N) is 15. The number of aryl methyl sites for hydroxylation is 6. The predicted molar refractivity (Wildman–Crippen MR) is 539 cm³/mol. The molecule has 0 aliphatic carbocycles. The number of carbonyl (C=O) groups is 13. The van der Waals surface area contributed by atoms with Crippen molar-refractivity contribution in [3.8, 4) is 11.5 Å². The van der Waals surface area contributed by atoms with Gasteiger partial charge in [-0.15, -0.1) is 0 Å². The van der Waals surface area contributed by atoms with Crippen molar-refractivity contribution in [2.45, 2.75) is 126 Å². The topological polar surface area (TPSA) is 758 Å². The molecule has 4 aromatic carbocycles. The largest absolute Gasteiger partial charge is 0.494 e. The number of aromatic amines is 2. The van der Waals surface area contributed by atoms with Gasteiger partial charge in [0.05, 0.1) is 76.0 Å². The number of carboxylic acid groups (broad SMARTS) is 4. The minimum Gasteiger partial charge on any atom is -0.494 e. The summed E-state index contributed by atoms with van der Waals surface area (Å²) in [6.45, 7) is 5.96. The predicted octanol–water partition coefficient (Wildman–Crippen LogP) is -1.81. The van der Waals surface area contributed by atoms with E-state index in [1.165, 1.54) is 69.3 Å². The first kappa shape index (κ1) is 118. The number of anilines is 2. The SMILES string of the molecule is CCN1CCN(CC(=O)O)CCN(CC(=O)O)CCN(CC(=O)N[C@@H](CCC(=O)NC(CS(=O)O)C(=O)NCCNC(=O)CCCOc2cc(C)c(S(=O)(=O)N[C@@H](CNC(=O)c3cn(C)c4cc(CNc5ncc[nH]5)ccc4c3=O)C(=O)O)c(C)c2)C(=O)NC(CS(O)(O)O)C(=O)NCCNC(=O)CCCOc2cc(C)c(S(=O)(=O)N[C@H](CNC(=O)c3cn(C)c4cc(CNc5ncc[nH]5)ccc4c3=O)C(=O)O)c(C)c2)CC1. The molecule has 5 heterocycles. The molecule has 3 unspecified atom stereocenters. The van der Waals surface area contributed by atoms with E-state index in [0.29, 0.717) is 55.7 Å². The number of hydrogen-bond acceptors (Lipinski definition) is 33. The van der Waals surface area contributed by atoms with E-state index in [9.17, 15) is 132 Å². The number of carbonyl (C=O) groups excluding carboxylic acids is 9. The highest BCUT2D eigenvalue weighted by atomic mass is 32.3. The molecule has 8 aromatic rings. The molecule has 53 nitrogen and oxygen atoms in total. The Hall–Kier alpha value is -14.0. The maximum Gasteiger partial charge on any atom is 0.323 e. The van der Waals surface area contributed by atoms with Crippen molar-refractivity contribution in [3.05, 3.63) is 163 Å². The van der Waals surface area contributed by atoms with Crippen LogP contribution in [0.15, 0.2) is 117 Å². The van der Waals surface area contributed by atoms with Crippen LogP contribution in [0.1, 0.15) is 99.5 Å². The van der Waals surface area contributed by atoms with E-state index < -0.39 is 217 Å². The van der Waals surface area contributed by atoms with Gasteiger partial charge >= 0.3 is 23.9 Å². The number of sulfonamides is 2. The summed E-state index contributed by atoms with van der Waals surface area (Å²) in [5.74, 6) is -14.8. The van der Waals surface area contributed by atoms with Crippen molar-refractivity contribution in [2.24, 2.45) is 14.1 Å². The van der Waals surface area contributed by atoms with Crippen LogP contribution in [-0.4, -0.2) is 358 Å². The van der Waals surface area contributed by atoms with Crippen molar-refractivity contribution < 1.29 is 131 Å². The van der Waals surface area contributed by atoms with E-state index in [1.54, 1.807) is 94.2 Å². The zero-order valence-electron chi connectivity index (χ0n) is 82.1. The maximum atomic E-state index is 14.5. The lowest BCUT2D eigenvalue weighted by Crippen LogP contribution is -2.57. The second-order valence-electron chi connectivity index (χ2n) is 34.8. The normalized spacial score (nSPS) is 14.6. The van der Waals surface area contributed by atoms with Crippen LogP contribution in [0.4, 0.5) is 11.9 Å². The number of aromatic nitrogens is 6. The highest BCUT2D eigenvalue weighted by Crippen LogP contribution is 2.34. The van der Waals surface area contributed by atoms with Gasteiger partial charge in [-0.3, -0.25) is 86.6 Å². The van der Waals surface area contributed by atoms with Gasteiger partial charge in [-0.1, -0.05) is 19.1 Å². The third-order valence-corrected chi connectivity index (χ3v) is 28.3. The van der Waals surface area contributed by atoms with Gasteiger partial charge in [0.2, 0.25) is 72.3 Å². The molecule has 4 aromatic heterocycles. The lowest BCUT2D eigenvalue weighted by molar-refractivity contribution is -0.140. The van der Waals surface area contributed by atoms with Gasteiger partial charge in [-0.25, -0.2) is 31.0 Å². The molecule has 808 valence electrons. The van der Waals surface area contributed by atoms with E-state index in [-0.39, 0.29) is 170 Å². The molecule has 0 bridgehead atoms. The molecule has 9 rings (SSSR count). The summed E-state index contributed by atoms with van der Waals surface area (Å²) in [4.78, 5) is 219. The zero-order valence-corrected chi connectivity index (χ0v) is 85.4. The molecule has 1 aliphatic heterocycles. The molecule has 23 N–H and O–H groups in total. The first-order chi connectivity index (χ1) is 70.0. The van der Waals surface area contributed by atoms with Gasteiger partial charge in [0.15, 0.2) is 23.0 Å². The molecule has 0 saturated carbocycles. The third-order valence-electron chi connectivity index (χ3n) is 23.3. The van der Waals surface area contributed by atoms with Crippen LogP contribution in [-0.2, 0) is 111 Å². The van der Waals surface area contributed by atoms with Crippen LogP contribution in [0.3, 0.4) is 0 Å². The first-order valence-electron chi connectivity index (χ1n) is 46.7. The Morgan fingerprint density at radius 3 is 1.24 bits per heavy atom. The molecular weight excluding hydrogens is 2020 g/mol. The van der Waals surface area contributed by atoms with Gasteiger partial charge < -0.3 is 131 Å². The van der Waals surface area contributed by atoms with Crippen LogP contribution in [0.2, 0.25) is 0 Å². The quantitative estimate of drug-likeness (QED) is 0.0148. The monoisotopic (exact) mass is 2150 g/mol. The third kappa shape index (κ3) is 36.8. The number of ether oxygens (including phenoxy) is 2. The maximum absolute atomic E-state index is 14.5. The van der Waals surface area contributed by atoms with Crippen molar-refractivity contribution in [1.29, 1.82) is 0 Å². The average Bonchev–Trinajstić information content (AvgIpc) is 0.797. The highest BCUT2D eigenvalue weighted by molar-refractivity contribution is 8.19. The summed E-state index contributed by atoms with van der Waals surface area (Å²) in [7, 11) is -10.7. The van der Waals surface area contributed by atoms with Gasteiger partial charge in [0, 0.05) is 186 Å². The Morgan fingerprint density at radius 1 is 0.473 bits per heavy atom. The van der Waals surface area contributed by atoms with Crippen molar-refractivity contribution >= 4 is 153 Å². The number of fused-ring (bicyclic) bond motifs is 2. The molecule has 0 spiro atoms. The number of imidazole rings is 2. The lowest BCUT2D eigenvalue weighted by atomic mass is 10.1. The number of rotatable bonds is 56. The molecule has 57 heteroatoms. The Labute approximate surface area is 853 Å². The van der Waals surface area contributed by atoms with Crippen LogP contribution in [0, 0.1) is 27.7 Å². The van der Waals surface area contributed by atoms with Crippen molar-refractivity contribution in [1.82, 2.24) is 106 Å². The van der Waals surface area contributed by atoms with Crippen molar-refractivity contribution in [2.75, 3.05) is 153 Å². The fourth-order valence-corrected chi connectivity index (χ4v) is 20.5. The van der Waals surface area contributed by atoms with Gasteiger partial charge in [-0.2, -0.15) is 9.44 Å².